The van der Waals surface area contributed by atoms with Gasteiger partial charge in [-0.05, 0) is 0 Å². The maximum absolute atomic E-state index is 10.2. The summed E-state index contributed by atoms with van der Waals surface area (Å²) in [4.78, 5) is 30.2. The Morgan fingerprint density at radius 1 is 1.13 bits per heavy atom. The number of carboxylic acid groups (broad SMARTS) is 3. The van der Waals surface area contributed by atoms with Crippen LogP contribution in [0.3, 0.4) is 0 Å². The molecule has 0 bridgehead atoms. The Morgan fingerprint density at radius 3 is 1.73 bits per heavy atom. The van der Waals surface area contributed by atoms with Gasteiger partial charge in [-0.3, -0.25) is 4.79 Å². The number of aliphatic hydroxyl groups is 1. The molecule has 9 heteroatoms. The van der Waals surface area contributed by atoms with E-state index in [2.05, 4.69) is 0 Å². The standard InChI is InChI=1S/C6H8O7.Mg.H2S/c7-3(8)1-6(13,5(11)12)2-4(9)10;;/h13H,1-2H2,(H,7,8)(H,9,10)(H,11,12);;1H2/q;+2;/p-2. The number of hydrogen-bond donors (Lipinski definition) is 2. The third-order valence-corrected chi connectivity index (χ3v) is 1.26. The van der Waals surface area contributed by atoms with E-state index in [1.165, 1.54) is 0 Å². The molecule has 0 saturated carbocycles. The van der Waals surface area contributed by atoms with Crippen molar-refractivity contribution in [3.05, 3.63) is 0 Å². The van der Waals surface area contributed by atoms with Gasteiger partial charge in [-0.15, -0.1) is 0 Å². The van der Waals surface area contributed by atoms with Gasteiger partial charge in [0.25, 0.3) is 0 Å². The van der Waals surface area contributed by atoms with Crippen molar-refractivity contribution in [3.8, 4) is 0 Å². The number of rotatable bonds is 5. The van der Waals surface area contributed by atoms with Crippen LogP contribution in [-0.2, 0) is 14.4 Å². The van der Waals surface area contributed by atoms with Gasteiger partial charge >= 0.3 is 29.0 Å². The Morgan fingerprint density at radius 2 is 1.53 bits per heavy atom. The molecular weight excluding hydrogens is 240 g/mol. The van der Waals surface area contributed by atoms with Crippen LogP contribution in [0.2, 0.25) is 0 Å². The number of carbonyl (C=O) groups is 3. The molecule has 0 saturated heterocycles. The molecule has 0 aromatic carbocycles. The normalized spacial score (nSPS) is 12.6. The Balaban J connectivity index is -0.000000720. The minimum atomic E-state index is -2.91. The van der Waals surface area contributed by atoms with E-state index < -0.39 is 36.4 Å². The third-order valence-electron chi connectivity index (χ3n) is 1.26. The topological polar surface area (TPSA) is 138 Å². The van der Waals surface area contributed by atoms with Crippen molar-refractivity contribution in [2.75, 3.05) is 0 Å². The van der Waals surface area contributed by atoms with E-state index in [0.29, 0.717) is 0 Å². The maximum atomic E-state index is 10.2. The summed E-state index contributed by atoms with van der Waals surface area (Å²) in [6.07, 6.45) is -2.56. The van der Waals surface area contributed by atoms with Crippen molar-refractivity contribution in [3.63, 3.8) is 0 Å². The summed E-state index contributed by atoms with van der Waals surface area (Å²) >= 11 is 0. The predicted octanol–water partition coefficient (Wildman–Crippen LogP) is -4.19. The Labute approximate surface area is 108 Å². The molecule has 0 spiro atoms. The van der Waals surface area contributed by atoms with E-state index in [1.54, 1.807) is 0 Å². The molecule has 1 atom stereocenters. The molecule has 0 aromatic heterocycles. The van der Waals surface area contributed by atoms with Crippen LogP contribution in [0.5, 0.6) is 0 Å². The molecule has 0 heterocycles. The number of hydrogen-bond acceptors (Lipinski definition) is 6. The summed E-state index contributed by atoms with van der Waals surface area (Å²) in [5.41, 5.74) is -2.91. The fourth-order valence-corrected chi connectivity index (χ4v) is 0.696. The second-order valence-corrected chi connectivity index (χ2v) is 2.44. The number of carbonyl (C=O) groups excluding carboxylic acids is 2. The van der Waals surface area contributed by atoms with Crippen LogP contribution in [0.25, 0.3) is 0 Å². The first-order valence-corrected chi connectivity index (χ1v) is 3.13. The van der Waals surface area contributed by atoms with E-state index >= 15 is 0 Å². The first kappa shape index (κ1) is 20.0. The zero-order valence-electron chi connectivity index (χ0n) is 7.56. The molecule has 0 radical (unpaired) electrons. The molecule has 2 N–H and O–H groups in total. The molecule has 0 amide bonds. The van der Waals surface area contributed by atoms with Crippen LogP contribution in [0.1, 0.15) is 12.8 Å². The van der Waals surface area contributed by atoms with Crippen LogP contribution < -0.4 is 10.2 Å². The predicted molar refractivity (Wildman–Crippen MR) is 48.0 cm³/mol. The van der Waals surface area contributed by atoms with E-state index in [0.717, 1.165) is 0 Å². The van der Waals surface area contributed by atoms with Crippen molar-refractivity contribution in [2.45, 2.75) is 18.4 Å². The Kier molecular flexibility index (Phi) is 10.3. The Hall–Kier alpha value is -0.514. The smallest absolute Gasteiger partial charge is 0.550 e. The molecule has 0 aliphatic rings. The Bertz CT molecular complexity index is 238. The molecule has 0 aliphatic heterocycles. The number of aliphatic carboxylic acids is 3. The van der Waals surface area contributed by atoms with Gasteiger partial charge in [0.15, 0.2) is 0 Å². The summed E-state index contributed by atoms with van der Waals surface area (Å²) in [5.74, 6) is -5.67. The first-order valence-electron chi connectivity index (χ1n) is 3.13. The van der Waals surface area contributed by atoms with Crippen molar-refractivity contribution < 1.29 is 34.8 Å². The van der Waals surface area contributed by atoms with Crippen LogP contribution >= 0.6 is 13.5 Å². The van der Waals surface area contributed by atoms with Gasteiger partial charge < -0.3 is 30.0 Å². The summed E-state index contributed by atoms with van der Waals surface area (Å²) in [7, 11) is 0. The minimum absolute atomic E-state index is 0. The van der Waals surface area contributed by atoms with Crippen molar-refractivity contribution in [1.29, 1.82) is 0 Å². The molecule has 7 nitrogen and oxygen atoms in total. The third kappa shape index (κ3) is 7.42. The molecule has 0 aromatic rings. The van der Waals surface area contributed by atoms with E-state index in [-0.39, 0.29) is 36.5 Å². The van der Waals surface area contributed by atoms with Crippen LogP contribution in [-0.4, -0.2) is 56.8 Å². The van der Waals surface area contributed by atoms with Gasteiger partial charge in [-0.25, -0.2) is 0 Å². The summed E-state index contributed by atoms with van der Waals surface area (Å²) in [6.45, 7) is 0. The van der Waals surface area contributed by atoms with Gasteiger partial charge in [-0.1, -0.05) is 0 Å². The summed E-state index contributed by atoms with van der Waals surface area (Å²) < 4.78 is 0. The summed E-state index contributed by atoms with van der Waals surface area (Å²) in [6, 6.07) is 0. The van der Waals surface area contributed by atoms with Gasteiger partial charge in [0.05, 0.1) is 12.4 Å². The molecular formula is C6H8MgO7S. The molecule has 1 unspecified atom stereocenters. The molecule has 15 heavy (non-hydrogen) atoms. The zero-order chi connectivity index (χ0) is 10.6. The van der Waals surface area contributed by atoms with Crippen molar-refractivity contribution >= 4 is 54.5 Å². The van der Waals surface area contributed by atoms with E-state index in [1.807, 2.05) is 0 Å². The fourth-order valence-electron chi connectivity index (χ4n) is 0.696. The first-order chi connectivity index (χ1) is 5.78. The average Bonchev–Trinajstić information content (AvgIpc) is 1.82. The minimum Gasteiger partial charge on any atom is -0.550 e. The van der Waals surface area contributed by atoms with Crippen molar-refractivity contribution in [1.82, 2.24) is 0 Å². The molecule has 82 valence electrons. The average molecular weight is 248 g/mol. The van der Waals surface area contributed by atoms with Crippen LogP contribution in [0.4, 0.5) is 0 Å². The molecule has 0 rings (SSSR count). The van der Waals surface area contributed by atoms with Gasteiger partial charge in [0.1, 0.15) is 5.60 Å². The van der Waals surface area contributed by atoms with E-state index in [9.17, 15) is 24.6 Å². The quantitative estimate of drug-likeness (QED) is 0.471. The summed E-state index contributed by atoms with van der Waals surface area (Å²) in [5, 5.41) is 37.2. The SMILES string of the molecule is O=C([O-])CC(O)(CC(=O)O)C(=O)[O-].S.[Mg+2]. The fraction of sp³-hybridized carbons (Fsp3) is 0.500. The van der Waals surface area contributed by atoms with E-state index in [4.69, 9.17) is 10.2 Å². The van der Waals surface area contributed by atoms with Crippen LogP contribution in [0.15, 0.2) is 0 Å². The maximum Gasteiger partial charge on any atom is 2.00 e. The van der Waals surface area contributed by atoms with Gasteiger partial charge in [-0.2, -0.15) is 13.5 Å². The number of carboxylic acids is 3. The second-order valence-electron chi connectivity index (χ2n) is 2.44. The monoisotopic (exact) mass is 248 g/mol. The van der Waals surface area contributed by atoms with Gasteiger partial charge in [0.2, 0.25) is 0 Å². The van der Waals surface area contributed by atoms with Crippen molar-refractivity contribution in [2.24, 2.45) is 0 Å². The second kappa shape index (κ2) is 7.74. The van der Waals surface area contributed by atoms with Crippen LogP contribution in [0, 0.1) is 0 Å². The molecule has 0 aliphatic carbocycles. The zero-order valence-corrected chi connectivity index (χ0v) is 9.97. The van der Waals surface area contributed by atoms with Gasteiger partial charge in [0, 0.05) is 12.4 Å². The molecule has 0 fully saturated rings. The largest absolute Gasteiger partial charge is 2.00 e.